The molecule has 0 aromatic rings. The van der Waals surface area contributed by atoms with E-state index < -0.39 is 0 Å². The summed E-state index contributed by atoms with van der Waals surface area (Å²) in [4.78, 5) is 23.9. The zero-order valence-corrected chi connectivity index (χ0v) is 12.3. The maximum Gasteiger partial charge on any atom is 0.239 e. The lowest BCUT2D eigenvalue weighted by atomic mass is 9.76. The van der Waals surface area contributed by atoms with E-state index in [1.54, 1.807) is 0 Å². The second-order valence-corrected chi connectivity index (χ2v) is 5.76. The molecule has 1 saturated heterocycles. The quantitative estimate of drug-likeness (QED) is 0.663. The van der Waals surface area contributed by atoms with Crippen LogP contribution in [-0.4, -0.2) is 38.0 Å². The molecular weight excluding hydrogens is 242 g/mol. The molecule has 0 aromatic carbocycles. The summed E-state index contributed by atoms with van der Waals surface area (Å²) in [7, 11) is 0. The molecule has 0 spiro atoms. The van der Waals surface area contributed by atoms with Gasteiger partial charge in [-0.3, -0.25) is 9.59 Å². The highest BCUT2D eigenvalue weighted by Crippen LogP contribution is 2.32. The van der Waals surface area contributed by atoms with Crippen molar-refractivity contribution in [2.45, 2.75) is 40.0 Å². The van der Waals surface area contributed by atoms with E-state index in [1.165, 1.54) is 0 Å². The van der Waals surface area contributed by atoms with Crippen LogP contribution in [0.3, 0.4) is 0 Å². The van der Waals surface area contributed by atoms with Gasteiger partial charge in [0.25, 0.3) is 0 Å². The highest BCUT2D eigenvalue weighted by molar-refractivity contribution is 5.87. The highest BCUT2D eigenvalue weighted by Gasteiger charge is 2.37. The van der Waals surface area contributed by atoms with Gasteiger partial charge in [-0.2, -0.15) is 0 Å². The Morgan fingerprint density at radius 1 is 1.21 bits per heavy atom. The van der Waals surface area contributed by atoms with Crippen molar-refractivity contribution < 1.29 is 9.59 Å². The Balaban J connectivity index is 2.38. The predicted molar refractivity (Wildman–Crippen MR) is 75.7 cm³/mol. The third-order valence-electron chi connectivity index (χ3n) is 3.84. The topological polar surface area (TPSA) is 70.2 Å². The first kappa shape index (κ1) is 16.0. The number of rotatable bonds is 6. The summed E-state index contributed by atoms with van der Waals surface area (Å²) in [5.74, 6) is 0.337. The molecule has 5 nitrogen and oxygen atoms in total. The molecule has 0 unspecified atom stereocenters. The minimum atomic E-state index is -0.288. The van der Waals surface area contributed by atoms with Crippen molar-refractivity contribution in [3.05, 3.63) is 0 Å². The lowest BCUT2D eigenvalue weighted by Gasteiger charge is -2.35. The van der Waals surface area contributed by atoms with Crippen LogP contribution in [0.1, 0.15) is 40.0 Å². The van der Waals surface area contributed by atoms with Gasteiger partial charge in [-0.1, -0.05) is 20.8 Å². The van der Waals surface area contributed by atoms with Gasteiger partial charge >= 0.3 is 0 Å². The SMILES string of the molecule is CCC1(C(=O)NCC(=O)NCC(C)C)CCNCC1. The molecule has 0 aromatic heterocycles. The van der Waals surface area contributed by atoms with Gasteiger partial charge in [0.1, 0.15) is 0 Å². The molecule has 1 aliphatic rings. The van der Waals surface area contributed by atoms with Gasteiger partial charge in [-0.25, -0.2) is 0 Å². The fourth-order valence-corrected chi connectivity index (χ4v) is 2.38. The summed E-state index contributed by atoms with van der Waals surface area (Å²) in [6.45, 7) is 8.61. The van der Waals surface area contributed by atoms with Gasteiger partial charge in [0.05, 0.1) is 12.0 Å². The Hall–Kier alpha value is -1.10. The molecule has 1 aliphatic heterocycles. The Labute approximate surface area is 115 Å². The van der Waals surface area contributed by atoms with Crippen LogP contribution in [-0.2, 0) is 9.59 Å². The van der Waals surface area contributed by atoms with Crippen LogP contribution in [0.4, 0.5) is 0 Å². The Morgan fingerprint density at radius 2 is 1.84 bits per heavy atom. The van der Waals surface area contributed by atoms with Crippen molar-refractivity contribution in [2.24, 2.45) is 11.3 Å². The van der Waals surface area contributed by atoms with E-state index in [-0.39, 0.29) is 23.8 Å². The van der Waals surface area contributed by atoms with Crippen LogP contribution in [0, 0.1) is 11.3 Å². The van der Waals surface area contributed by atoms with Crippen molar-refractivity contribution in [2.75, 3.05) is 26.2 Å². The predicted octanol–water partition coefficient (Wildman–Crippen LogP) is 0.655. The van der Waals surface area contributed by atoms with E-state index in [0.717, 1.165) is 32.4 Å². The van der Waals surface area contributed by atoms with Crippen LogP contribution < -0.4 is 16.0 Å². The lowest BCUT2D eigenvalue weighted by Crippen LogP contribution is -2.49. The number of carbonyl (C=O) groups is 2. The molecule has 0 saturated carbocycles. The van der Waals surface area contributed by atoms with Crippen LogP contribution in [0.5, 0.6) is 0 Å². The average Bonchev–Trinajstić information content (AvgIpc) is 2.43. The van der Waals surface area contributed by atoms with Crippen molar-refractivity contribution in [1.82, 2.24) is 16.0 Å². The molecule has 110 valence electrons. The summed E-state index contributed by atoms with van der Waals surface area (Å²) < 4.78 is 0. The largest absolute Gasteiger partial charge is 0.354 e. The molecule has 1 rings (SSSR count). The van der Waals surface area contributed by atoms with Gasteiger partial charge in [-0.05, 0) is 38.3 Å². The third kappa shape index (κ3) is 4.82. The fraction of sp³-hybridized carbons (Fsp3) is 0.857. The number of piperidine rings is 1. The number of nitrogens with one attached hydrogen (secondary N) is 3. The summed E-state index contributed by atoms with van der Waals surface area (Å²) in [6, 6.07) is 0. The first-order chi connectivity index (χ1) is 9.00. The number of hydrogen-bond acceptors (Lipinski definition) is 3. The smallest absolute Gasteiger partial charge is 0.239 e. The van der Waals surface area contributed by atoms with Gasteiger partial charge in [-0.15, -0.1) is 0 Å². The molecule has 1 fully saturated rings. The third-order valence-corrected chi connectivity index (χ3v) is 3.84. The van der Waals surface area contributed by atoms with E-state index in [2.05, 4.69) is 16.0 Å². The maximum atomic E-state index is 12.3. The van der Waals surface area contributed by atoms with Crippen LogP contribution in [0.15, 0.2) is 0 Å². The first-order valence-corrected chi connectivity index (χ1v) is 7.26. The number of amides is 2. The molecule has 1 heterocycles. The zero-order chi connectivity index (χ0) is 14.3. The van der Waals surface area contributed by atoms with Crippen LogP contribution in [0.2, 0.25) is 0 Å². The van der Waals surface area contributed by atoms with Crippen molar-refractivity contribution in [3.63, 3.8) is 0 Å². The minimum absolute atomic E-state index is 0.0243. The fourth-order valence-electron chi connectivity index (χ4n) is 2.38. The summed E-state index contributed by atoms with van der Waals surface area (Å²) in [5.41, 5.74) is -0.288. The average molecular weight is 269 g/mol. The van der Waals surface area contributed by atoms with E-state index in [0.29, 0.717) is 12.5 Å². The van der Waals surface area contributed by atoms with Crippen molar-refractivity contribution >= 4 is 11.8 Å². The van der Waals surface area contributed by atoms with Crippen LogP contribution in [0.25, 0.3) is 0 Å². The molecule has 0 atom stereocenters. The molecule has 3 N–H and O–H groups in total. The maximum absolute atomic E-state index is 12.3. The van der Waals surface area contributed by atoms with E-state index >= 15 is 0 Å². The number of hydrogen-bond donors (Lipinski definition) is 3. The molecule has 19 heavy (non-hydrogen) atoms. The standard InChI is InChI=1S/C14H27N3O2/c1-4-14(5-7-15-8-6-14)13(19)17-10-12(18)16-9-11(2)3/h11,15H,4-10H2,1-3H3,(H,16,18)(H,17,19). The van der Waals surface area contributed by atoms with Crippen molar-refractivity contribution in [3.8, 4) is 0 Å². The normalized spacial score (nSPS) is 18.1. The van der Waals surface area contributed by atoms with Gasteiger partial charge < -0.3 is 16.0 Å². The second kappa shape index (κ2) is 7.48. The molecular formula is C14H27N3O2. The first-order valence-electron chi connectivity index (χ1n) is 7.26. The van der Waals surface area contributed by atoms with Gasteiger partial charge in [0.2, 0.25) is 11.8 Å². The molecule has 5 heteroatoms. The van der Waals surface area contributed by atoms with Crippen molar-refractivity contribution in [1.29, 1.82) is 0 Å². The zero-order valence-electron chi connectivity index (χ0n) is 12.3. The Morgan fingerprint density at radius 3 is 2.37 bits per heavy atom. The minimum Gasteiger partial charge on any atom is -0.354 e. The monoisotopic (exact) mass is 269 g/mol. The van der Waals surface area contributed by atoms with E-state index in [1.807, 2.05) is 20.8 Å². The lowest BCUT2D eigenvalue weighted by molar-refractivity contribution is -0.134. The molecule has 2 amide bonds. The van der Waals surface area contributed by atoms with E-state index in [4.69, 9.17) is 0 Å². The summed E-state index contributed by atoms with van der Waals surface area (Å²) >= 11 is 0. The summed E-state index contributed by atoms with van der Waals surface area (Å²) in [5, 5.41) is 8.86. The Bertz CT molecular complexity index is 310. The van der Waals surface area contributed by atoms with Crippen LogP contribution >= 0.6 is 0 Å². The Kier molecular flexibility index (Phi) is 6.28. The van der Waals surface area contributed by atoms with Gasteiger partial charge in [0, 0.05) is 6.54 Å². The highest BCUT2D eigenvalue weighted by atomic mass is 16.2. The number of carbonyl (C=O) groups excluding carboxylic acids is 2. The second-order valence-electron chi connectivity index (χ2n) is 5.76. The van der Waals surface area contributed by atoms with E-state index in [9.17, 15) is 9.59 Å². The molecule has 0 radical (unpaired) electrons. The van der Waals surface area contributed by atoms with Gasteiger partial charge in [0.15, 0.2) is 0 Å². The molecule has 0 aliphatic carbocycles. The molecule has 0 bridgehead atoms. The summed E-state index contributed by atoms with van der Waals surface area (Å²) in [6.07, 6.45) is 2.53.